The lowest BCUT2D eigenvalue weighted by Gasteiger charge is -2.08. The van der Waals surface area contributed by atoms with Gasteiger partial charge in [-0.2, -0.15) is 5.10 Å². The number of carbonyl (C=O) groups excluding carboxylic acids is 1. The van der Waals surface area contributed by atoms with Crippen molar-refractivity contribution in [3.05, 3.63) is 72.4 Å². The van der Waals surface area contributed by atoms with Crippen LogP contribution in [-0.4, -0.2) is 30.6 Å². The van der Waals surface area contributed by atoms with Crippen LogP contribution in [0, 0.1) is 0 Å². The smallest absolute Gasteiger partial charge is 0.287 e. The Labute approximate surface area is 137 Å². The van der Waals surface area contributed by atoms with Crippen molar-refractivity contribution >= 4 is 16.9 Å². The van der Waals surface area contributed by atoms with Crippen molar-refractivity contribution in [3.8, 4) is 5.82 Å². The number of hydrogen-bond acceptors (Lipinski definition) is 4. The number of pyridine rings is 1. The molecule has 0 saturated heterocycles. The molecular formula is C17H14N6O. The first-order valence-electron chi connectivity index (χ1n) is 7.48. The third-order valence-electron chi connectivity index (χ3n) is 3.63. The molecule has 0 atom stereocenters. The highest BCUT2D eigenvalue weighted by molar-refractivity contribution is 5.94. The number of aromatic amines is 1. The van der Waals surface area contributed by atoms with E-state index < -0.39 is 0 Å². The van der Waals surface area contributed by atoms with Crippen LogP contribution in [0.4, 0.5) is 0 Å². The molecule has 4 aromatic rings. The molecule has 4 rings (SSSR count). The lowest BCUT2D eigenvalue weighted by atomic mass is 10.2. The van der Waals surface area contributed by atoms with Gasteiger partial charge in [0.2, 0.25) is 0 Å². The van der Waals surface area contributed by atoms with Gasteiger partial charge in [-0.15, -0.1) is 0 Å². The fourth-order valence-electron chi connectivity index (χ4n) is 2.49. The minimum atomic E-state index is -0.263. The monoisotopic (exact) mass is 318 g/mol. The first-order chi connectivity index (χ1) is 11.8. The van der Waals surface area contributed by atoms with Gasteiger partial charge in [0.1, 0.15) is 0 Å². The Morgan fingerprint density at radius 2 is 2.04 bits per heavy atom. The van der Waals surface area contributed by atoms with Crippen LogP contribution >= 0.6 is 0 Å². The van der Waals surface area contributed by atoms with Gasteiger partial charge < -0.3 is 10.3 Å². The molecule has 3 aromatic heterocycles. The van der Waals surface area contributed by atoms with Gasteiger partial charge in [-0.3, -0.25) is 4.79 Å². The number of hydrogen-bond donors (Lipinski definition) is 2. The maximum absolute atomic E-state index is 12.3. The lowest BCUT2D eigenvalue weighted by Crippen LogP contribution is -2.24. The molecule has 0 spiro atoms. The number of amides is 1. The van der Waals surface area contributed by atoms with E-state index in [4.69, 9.17) is 0 Å². The molecule has 0 unspecified atom stereocenters. The van der Waals surface area contributed by atoms with Crippen LogP contribution in [0.25, 0.3) is 16.9 Å². The average molecular weight is 318 g/mol. The molecule has 0 radical (unpaired) electrons. The number of carbonyl (C=O) groups is 1. The van der Waals surface area contributed by atoms with Crippen molar-refractivity contribution in [1.82, 2.24) is 30.0 Å². The van der Waals surface area contributed by atoms with Crippen LogP contribution in [0.5, 0.6) is 0 Å². The highest BCUT2D eigenvalue weighted by Gasteiger charge is 2.12. The van der Waals surface area contributed by atoms with Gasteiger partial charge in [-0.1, -0.05) is 18.2 Å². The van der Waals surface area contributed by atoms with Crippen LogP contribution in [0.3, 0.4) is 0 Å². The predicted octanol–water partition coefficient (Wildman–Crippen LogP) is 2.07. The topological polar surface area (TPSA) is 88.5 Å². The minimum absolute atomic E-state index is 0.263. The van der Waals surface area contributed by atoms with Gasteiger partial charge in [-0.05, 0) is 24.3 Å². The van der Waals surface area contributed by atoms with E-state index in [0.29, 0.717) is 18.2 Å². The third kappa shape index (κ3) is 2.63. The average Bonchev–Trinajstić information content (AvgIpc) is 3.29. The number of benzene rings is 1. The SMILES string of the molecule is O=C(NCc1cccnc1-n1cccn1)c1nc2ccccc2[nH]1. The predicted molar refractivity (Wildman–Crippen MR) is 88.6 cm³/mol. The quantitative estimate of drug-likeness (QED) is 0.603. The van der Waals surface area contributed by atoms with Crippen LogP contribution in [0.15, 0.2) is 61.1 Å². The first kappa shape index (κ1) is 14.1. The summed E-state index contributed by atoms with van der Waals surface area (Å²) in [4.78, 5) is 24.0. The molecule has 24 heavy (non-hydrogen) atoms. The molecule has 0 fully saturated rings. The van der Waals surface area contributed by atoms with Crippen molar-refractivity contribution in [3.63, 3.8) is 0 Å². The summed E-state index contributed by atoms with van der Waals surface area (Å²) >= 11 is 0. The Balaban J connectivity index is 1.54. The maximum Gasteiger partial charge on any atom is 0.287 e. The summed E-state index contributed by atoms with van der Waals surface area (Å²) in [5.74, 6) is 0.717. The van der Waals surface area contributed by atoms with Gasteiger partial charge in [0.15, 0.2) is 11.6 Å². The van der Waals surface area contributed by atoms with Gasteiger partial charge >= 0.3 is 0 Å². The minimum Gasteiger partial charge on any atom is -0.345 e. The maximum atomic E-state index is 12.3. The standard InChI is InChI=1S/C17H14N6O/c24-17(15-21-13-6-1-2-7-14(13)22-15)19-11-12-5-3-8-18-16(12)23-10-4-9-20-23/h1-10H,11H2,(H,19,24)(H,21,22). The second kappa shape index (κ2) is 5.96. The Morgan fingerprint density at radius 1 is 1.12 bits per heavy atom. The van der Waals surface area contributed by atoms with Crippen LogP contribution in [-0.2, 0) is 6.54 Å². The number of nitrogens with zero attached hydrogens (tertiary/aromatic N) is 4. The number of aromatic nitrogens is 5. The summed E-state index contributed by atoms with van der Waals surface area (Å²) in [5.41, 5.74) is 2.47. The molecule has 0 aliphatic heterocycles. The molecular weight excluding hydrogens is 304 g/mol. The number of para-hydroxylation sites is 2. The van der Waals surface area contributed by atoms with Gasteiger partial charge in [0, 0.05) is 30.7 Å². The van der Waals surface area contributed by atoms with E-state index in [1.807, 2.05) is 48.7 Å². The summed E-state index contributed by atoms with van der Waals surface area (Å²) in [7, 11) is 0. The number of nitrogens with one attached hydrogen (secondary N) is 2. The number of rotatable bonds is 4. The summed E-state index contributed by atoms with van der Waals surface area (Å²) in [6.45, 7) is 0.332. The second-order valence-electron chi connectivity index (χ2n) is 5.22. The number of H-pyrrole nitrogens is 1. The van der Waals surface area contributed by atoms with Crippen LogP contribution < -0.4 is 5.32 Å². The van der Waals surface area contributed by atoms with Crippen molar-refractivity contribution in [2.75, 3.05) is 0 Å². The molecule has 1 amide bonds. The Bertz CT molecular complexity index is 956. The molecule has 0 aliphatic rings. The molecule has 2 N–H and O–H groups in total. The molecule has 3 heterocycles. The van der Waals surface area contributed by atoms with Gasteiger partial charge in [0.05, 0.1) is 11.0 Å². The van der Waals surface area contributed by atoms with Crippen LogP contribution in [0.1, 0.15) is 16.2 Å². The molecule has 7 heteroatoms. The molecule has 0 bridgehead atoms. The van der Waals surface area contributed by atoms with Crippen molar-refractivity contribution in [2.24, 2.45) is 0 Å². The van der Waals surface area contributed by atoms with E-state index in [1.54, 1.807) is 17.1 Å². The number of imidazole rings is 1. The second-order valence-corrected chi connectivity index (χ2v) is 5.22. The van der Waals surface area contributed by atoms with E-state index in [1.165, 1.54) is 0 Å². The zero-order valence-corrected chi connectivity index (χ0v) is 12.7. The molecule has 0 saturated carbocycles. The molecule has 7 nitrogen and oxygen atoms in total. The van der Waals surface area contributed by atoms with E-state index in [2.05, 4.69) is 25.4 Å². The molecule has 1 aromatic carbocycles. The highest BCUT2D eigenvalue weighted by atomic mass is 16.2. The summed E-state index contributed by atoms with van der Waals surface area (Å²) in [5, 5.41) is 7.05. The summed E-state index contributed by atoms with van der Waals surface area (Å²) in [6.07, 6.45) is 5.19. The fraction of sp³-hybridized carbons (Fsp3) is 0.0588. The Morgan fingerprint density at radius 3 is 2.88 bits per heavy atom. The highest BCUT2D eigenvalue weighted by Crippen LogP contribution is 2.12. The van der Waals surface area contributed by atoms with E-state index in [0.717, 1.165) is 16.6 Å². The molecule has 118 valence electrons. The number of fused-ring (bicyclic) bond motifs is 1. The van der Waals surface area contributed by atoms with Crippen LogP contribution in [0.2, 0.25) is 0 Å². The van der Waals surface area contributed by atoms with Crippen molar-refractivity contribution < 1.29 is 4.79 Å². The zero-order chi connectivity index (χ0) is 16.4. The third-order valence-corrected chi connectivity index (χ3v) is 3.63. The van der Waals surface area contributed by atoms with Crippen molar-refractivity contribution in [1.29, 1.82) is 0 Å². The normalized spacial score (nSPS) is 10.8. The Kier molecular flexibility index (Phi) is 3.51. The Hall–Kier alpha value is -3.48. The zero-order valence-electron chi connectivity index (χ0n) is 12.7. The van der Waals surface area contributed by atoms with E-state index in [9.17, 15) is 4.79 Å². The largest absolute Gasteiger partial charge is 0.345 e. The first-order valence-corrected chi connectivity index (χ1v) is 7.48. The van der Waals surface area contributed by atoms with E-state index >= 15 is 0 Å². The molecule has 0 aliphatic carbocycles. The summed E-state index contributed by atoms with van der Waals surface area (Å²) < 4.78 is 1.67. The lowest BCUT2D eigenvalue weighted by molar-refractivity contribution is 0.0942. The van der Waals surface area contributed by atoms with Gasteiger partial charge in [-0.25, -0.2) is 14.6 Å². The van der Waals surface area contributed by atoms with E-state index in [-0.39, 0.29) is 5.91 Å². The fourth-order valence-corrected chi connectivity index (χ4v) is 2.49. The van der Waals surface area contributed by atoms with Crippen molar-refractivity contribution in [2.45, 2.75) is 6.54 Å². The summed E-state index contributed by atoms with van der Waals surface area (Å²) in [6, 6.07) is 13.1. The van der Waals surface area contributed by atoms with Gasteiger partial charge in [0.25, 0.3) is 5.91 Å².